The first-order valence-corrected chi connectivity index (χ1v) is 8.09. The van der Waals surface area contributed by atoms with Gasteiger partial charge in [-0.3, -0.25) is 4.79 Å². The second kappa shape index (κ2) is 6.58. The number of rotatable bonds is 3. The van der Waals surface area contributed by atoms with Crippen LogP contribution in [-0.4, -0.2) is 48.2 Å². The highest BCUT2D eigenvalue weighted by Gasteiger charge is 2.45. The predicted molar refractivity (Wildman–Crippen MR) is 87.1 cm³/mol. The minimum Gasteiger partial charge on any atom is -0.370 e. The van der Waals surface area contributed by atoms with Gasteiger partial charge in [0.2, 0.25) is 5.91 Å². The molecule has 2 heterocycles. The summed E-state index contributed by atoms with van der Waals surface area (Å²) < 4.78 is 5.87. The molecule has 0 aliphatic carbocycles. The van der Waals surface area contributed by atoms with Crippen molar-refractivity contribution in [3.05, 3.63) is 30.3 Å². The topological polar surface area (TPSA) is 70.7 Å². The standard InChI is InChI=1S/C17H23N3O3/c1-11(2)18-17(22)20-9-13-8-14(15(10-20)23-13)16(21)19-12-6-4-3-5-7-12/h3-7,11,13-15H,8-10H2,1-2H3,(H,18,22)(H,19,21)/t13-,14+,15-/m0/s1. The van der Waals surface area contributed by atoms with Crippen LogP contribution in [0.3, 0.4) is 0 Å². The van der Waals surface area contributed by atoms with Crippen LogP contribution in [0.25, 0.3) is 0 Å². The highest BCUT2D eigenvalue weighted by molar-refractivity contribution is 5.93. The molecule has 6 heteroatoms. The molecular weight excluding hydrogens is 294 g/mol. The van der Waals surface area contributed by atoms with Crippen molar-refractivity contribution in [2.45, 2.75) is 38.5 Å². The quantitative estimate of drug-likeness (QED) is 0.893. The number of likely N-dealkylation sites (tertiary alicyclic amines) is 1. The van der Waals surface area contributed by atoms with E-state index in [1.54, 1.807) is 4.90 Å². The van der Waals surface area contributed by atoms with Gasteiger partial charge in [-0.25, -0.2) is 4.79 Å². The molecule has 3 rings (SSSR count). The summed E-state index contributed by atoms with van der Waals surface area (Å²) in [6.45, 7) is 4.87. The number of carbonyl (C=O) groups is 2. The number of para-hydroxylation sites is 1. The van der Waals surface area contributed by atoms with Gasteiger partial charge in [-0.15, -0.1) is 0 Å². The summed E-state index contributed by atoms with van der Waals surface area (Å²) in [7, 11) is 0. The van der Waals surface area contributed by atoms with E-state index in [9.17, 15) is 9.59 Å². The molecule has 2 aliphatic heterocycles. The number of nitrogens with one attached hydrogen (secondary N) is 2. The molecule has 6 nitrogen and oxygen atoms in total. The van der Waals surface area contributed by atoms with E-state index in [1.807, 2.05) is 44.2 Å². The Bertz CT molecular complexity index is 576. The van der Waals surface area contributed by atoms with E-state index >= 15 is 0 Å². The number of hydrogen-bond donors (Lipinski definition) is 2. The van der Waals surface area contributed by atoms with Crippen molar-refractivity contribution < 1.29 is 14.3 Å². The lowest BCUT2D eigenvalue weighted by Gasteiger charge is -2.33. The highest BCUT2D eigenvalue weighted by Crippen LogP contribution is 2.32. The summed E-state index contributed by atoms with van der Waals surface area (Å²) in [5, 5.41) is 5.83. The lowest BCUT2D eigenvalue weighted by molar-refractivity contribution is -0.122. The lowest BCUT2D eigenvalue weighted by atomic mass is 9.99. The molecule has 0 radical (unpaired) electrons. The van der Waals surface area contributed by atoms with Gasteiger partial charge in [0.15, 0.2) is 0 Å². The molecule has 3 amide bonds. The summed E-state index contributed by atoms with van der Waals surface area (Å²) in [4.78, 5) is 26.4. The van der Waals surface area contributed by atoms with E-state index in [-0.39, 0.29) is 36.1 Å². The lowest BCUT2D eigenvalue weighted by Crippen LogP contribution is -2.52. The first kappa shape index (κ1) is 15.8. The number of nitrogens with zero attached hydrogens (tertiary/aromatic N) is 1. The fourth-order valence-electron chi connectivity index (χ4n) is 3.19. The molecule has 0 aromatic heterocycles. The Kier molecular flexibility index (Phi) is 4.52. The van der Waals surface area contributed by atoms with Crippen LogP contribution in [0.5, 0.6) is 0 Å². The van der Waals surface area contributed by atoms with E-state index in [2.05, 4.69) is 10.6 Å². The van der Waals surface area contributed by atoms with Crippen molar-refractivity contribution in [2.24, 2.45) is 5.92 Å². The smallest absolute Gasteiger partial charge is 0.317 e. The second-order valence-corrected chi connectivity index (χ2v) is 6.50. The summed E-state index contributed by atoms with van der Waals surface area (Å²) in [6, 6.07) is 9.42. The van der Waals surface area contributed by atoms with Gasteiger partial charge in [0, 0.05) is 24.8 Å². The van der Waals surface area contributed by atoms with Gasteiger partial charge >= 0.3 is 6.03 Å². The zero-order valence-corrected chi connectivity index (χ0v) is 13.5. The summed E-state index contributed by atoms with van der Waals surface area (Å²) in [5.74, 6) is -0.244. The minimum absolute atomic E-state index is 0.0326. The first-order chi connectivity index (χ1) is 11.0. The van der Waals surface area contributed by atoms with Crippen LogP contribution in [0.2, 0.25) is 0 Å². The zero-order valence-electron chi connectivity index (χ0n) is 13.5. The Morgan fingerprint density at radius 2 is 1.96 bits per heavy atom. The fourth-order valence-corrected chi connectivity index (χ4v) is 3.19. The molecule has 2 N–H and O–H groups in total. The average molecular weight is 317 g/mol. The van der Waals surface area contributed by atoms with Gasteiger partial charge in [0.25, 0.3) is 0 Å². The Morgan fingerprint density at radius 3 is 2.65 bits per heavy atom. The maximum absolute atomic E-state index is 12.5. The fraction of sp³-hybridized carbons (Fsp3) is 0.529. The summed E-state index contributed by atoms with van der Waals surface area (Å²) in [5.41, 5.74) is 0.786. The van der Waals surface area contributed by atoms with Crippen molar-refractivity contribution in [3.63, 3.8) is 0 Å². The SMILES string of the molecule is CC(C)NC(=O)N1C[C@@H]2C[C@@H](C(=O)Nc3ccccc3)[C@H](C1)O2. The van der Waals surface area contributed by atoms with Crippen LogP contribution >= 0.6 is 0 Å². The Morgan fingerprint density at radius 1 is 1.22 bits per heavy atom. The predicted octanol–water partition coefficient (Wildman–Crippen LogP) is 1.83. The number of amides is 3. The second-order valence-electron chi connectivity index (χ2n) is 6.50. The molecule has 0 saturated carbocycles. The van der Waals surface area contributed by atoms with Crippen LogP contribution < -0.4 is 10.6 Å². The molecule has 1 aromatic rings. The van der Waals surface area contributed by atoms with Crippen LogP contribution in [0.4, 0.5) is 10.5 Å². The number of benzene rings is 1. The van der Waals surface area contributed by atoms with Crippen LogP contribution in [-0.2, 0) is 9.53 Å². The Labute approximate surface area is 136 Å². The molecule has 2 aliphatic rings. The average Bonchev–Trinajstić information content (AvgIpc) is 2.82. The number of morpholine rings is 1. The molecule has 3 atom stereocenters. The van der Waals surface area contributed by atoms with E-state index < -0.39 is 0 Å². The minimum atomic E-state index is -0.227. The number of fused-ring (bicyclic) bond motifs is 2. The molecule has 124 valence electrons. The molecule has 2 saturated heterocycles. The molecule has 0 spiro atoms. The van der Waals surface area contributed by atoms with Crippen molar-refractivity contribution in [1.82, 2.24) is 10.2 Å². The Hall–Kier alpha value is -2.08. The molecule has 0 unspecified atom stereocenters. The number of carbonyl (C=O) groups excluding carboxylic acids is 2. The highest BCUT2D eigenvalue weighted by atomic mass is 16.5. The van der Waals surface area contributed by atoms with Gasteiger partial charge in [-0.2, -0.15) is 0 Å². The van der Waals surface area contributed by atoms with Crippen LogP contribution in [0.15, 0.2) is 30.3 Å². The third-order valence-electron chi connectivity index (χ3n) is 4.23. The summed E-state index contributed by atoms with van der Waals surface area (Å²) >= 11 is 0. The van der Waals surface area contributed by atoms with Crippen molar-refractivity contribution in [2.75, 3.05) is 18.4 Å². The van der Waals surface area contributed by atoms with Gasteiger partial charge in [-0.1, -0.05) is 18.2 Å². The van der Waals surface area contributed by atoms with Crippen LogP contribution in [0.1, 0.15) is 20.3 Å². The molecule has 2 bridgehead atoms. The largest absolute Gasteiger partial charge is 0.370 e. The van der Waals surface area contributed by atoms with Gasteiger partial charge < -0.3 is 20.3 Å². The number of anilines is 1. The van der Waals surface area contributed by atoms with Gasteiger partial charge in [-0.05, 0) is 32.4 Å². The van der Waals surface area contributed by atoms with Gasteiger partial charge in [0.05, 0.1) is 18.1 Å². The Balaban J connectivity index is 1.61. The third kappa shape index (κ3) is 3.64. The molecule has 1 aromatic carbocycles. The van der Waals surface area contributed by atoms with E-state index in [4.69, 9.17) is 4.74 Å². The van der Waals surface area contributed by atoms with Gasteiger partial charge in [0.1, 0.15) is 0 Å². The maximum atomic E-state index is 12.5. The monoisotopic (exact) mass is 317 g/mol. The molecule has 2 fully saturated rings. The zero-order chi connectivity index (χ0) is 16.4. The van der Waals surface area contributed by atoms with Crippen molar-refractivity contribution in [1.29, 1.82) is 0 Å². The van der Waals surface area contributed by atoms with Crippen molar-refractivity contribution >= 4 is 17.6 Å². The third-order valence-corrected chi connectivity index (χ3v) is 4.23. The number of hydrogen-bond acceptors (Lipinski definition) is 3. The summed E-state index contributed by atoms with van der Waals surface area (Å²) in [6.07, 6.45) is 0.378. The molecular formula is C17H23N3O3. The van der Waals surface area contributed by atoms with Crippen molar-refractivity contribution in [3.8, 4) is 0 Å². The molecule has 23 heavy (non-hydrogen) atoms. The maximum Gasteiger partial charge on any atom is 0.317 e. The first-order valence-electron chi connectivity index (χ1n) is 8.09. The van der Waals surface area contributed by atoms with E-state index in [0.29, 0.717) is 19.5 Å². The number of ether oxygens (including phenoxy) is 1. The van der Waals surface area contributed by atoms with E-state index in [1.165, 1.54) is 0 Å². The normalized spacial score (nSPS) is 26.2. The van der Waals surface area contributed by atoms with E-state index in [0.717, 1.165) is 5.69 Å². The van der Waals surface area contributed by atoms with Crippen LogP contribution in [0, 0.1) is 5.92 Å². The number of urea groups is 1.